The van der Waals surface area contributed by atoms with E-state index in [1.807, 2.05) is 18.2 Å². The lowest BCUT2D eigenvalue weighted by atomic mass is 9.79. The first-order valence-electron chi connectivity index (χ1n) is 8.79. The minimum atomic E-state index is -0.0735. The van der Waals surface area contributed by atoms with Gasteiger partial charge in [-0.3, -0.25) is 4.79 Å². The first kappa shape index (κ1) is 18.3. The van der Waals surface area contributed by atoms with Crippen LogP contribution >= 0.6 is 0 Å². The van der Waals surface area contributed by atoms with Crippen molar-refractivity contribution in [3.8, 4) is 11.5 Å². The molecule has 2 aromatic rings. The van der Waals surface area contributed by atoms with Crippen LogP contribution in [0.3, 0.4) is 0 Å². The normalized spacial score (nSPS) is 15.9. The number of ether oxygens (including phenoxy) is 3. The van der Waals surface area contributed by atoms with E-state index in [0.29, 0.717) is 5.92 Å². The molecule has 1 aliphatic rings. The molecule has 0 aromatic heterocycles. The van der Waals surface area contributed by atoms with E-state index in [1.54, 1.807) is 14.2 Å². The Kier molecular flexibility index (Phi) is 5.78. The Bertz CT molecular complexity index is 788. The highest BCUT2D eigenvalue weighted by atomic mass is 16.7. The van der Waals surface area contributed by atoms with Gasteiger partial charge in [-0.15, -0.1) is 0 Å². The first-order chi connectivity index (χ1) is 12.6. The van der Waals surface area contributed by atoms with E-state index in [-0.39, 0.29) is 12.7 Å². The summed E-state index contributed by atoms with van der Waals surface area (Å²) in [6.45, 7) is 1.79. The van der Waals surface area contributed by atoms with E-state index in [9.17, 15) is 4.79 Å². The number of fused-ring (bicyclic) bond motifs is 1. The molecule has 26 heavy (non-hydrogen) atoms. The number of amides is 1. The van der Waals surface area contributed by atoms with Crippen molar-refractivity contribution in [3.05, 3.63) is 53.1 Å². The lowest BCUT2D eigenvalue weighted by Gasteiger charge is -2.27. The van der Waals surface area contributed by atoms with Crippen molar-refractivity contribution in [3.63, 3.8) is 0 Å². The molecule has 0 aliphatic heterocycles. The monoisotopic (exact) mass is 355 g/mol. The maximum Gasteiger partial charge on any atom is 0.221 e. The Balaban J connectivity index is 1.83. The maximum absolute atomic E-state index is 11.6. The highest BCUT2D eigenvalue weighted by molar-refractivity contribution is 5.90. The smallest absolute Gasteiger partial charge is 0.221 e. The molecule has 2 aromatic carbocycles. The molecule has 5 nitrogen and oxygen atoms in total. The third-order valence-corrected chi connectivity index (χ3v) is 4.76. The molecule has 0 saturated carbocycles. The Labute approximate surface area is 154 Å². The lowest BCUT2D eigenvalue weighted by Crippen LogP contribution is -2.16. The molecular weight excluding hydrogens is 330 g/mol. The van der Waals surface area contributed by atoms with Crippen molar-refractivity contribution >= 4 is 11.6 Å². The lowest BCUT2D eigenvalue weighted by molar-refractivity contribution is -0.114. The van der Waals surface area contributed by atoms with E-state index >= 15 is 0 Å². The van der Waals surface area contributed by atoms with Crippen LogP contribution in [0.15, 0.2) is 36.4 Å². The number of rotatable bonds is 6. The number of carbonyl (C=O) groups is 1. The van der Waals surface area contributed by atoms with Crippen LogP contribution < -0.4 is 14.8 Å². The van der Waals surface area contributed by atoms with E-state index in [0.717, 1.165) is 42.0 Å². The van der Waals surface area contributed by atoms with E-state index < -0.39 is 0 Å². The van der Waals surface area contributed by atoms with Crippen molar-refractivity contribution in [2.45, 2.75) is 32.1 Å². The van der Waals surface area contributed by atoms with Gasteiger partial charge in [-0.05, 0) is 60.1 Å². The maximum atomic E-state index is 11.6. The second-order valence-corrected chi connectivity index (χ2v) is 6.56. The number of nitrogens with one attached hydrogen (secondary N) is 1. The summed E-state index contributed by atoms with van der Waals surface area (Å²) in [7, 11) is 3.25. The van der Waals surface area contributed by atoms with Crippen LogP contribution in [0.1, 0.15) is 36.0 Å². The summed E-state index contributed by atoms with van der Waals surface area (Å²) in [6.07, 6.45) is 2.95. The minimum absolute atomic E-state index is 0.0735. The van der Waals surface area contributed by atoms with Crippen molar-refractivity contribution in [2.24, 2.45) is 0 Å². The standard InChI is InChI=1S/C21H25NO4/c1-14(23)22-21-12-18(25-3)8-9-20(21)17-5-4-16-11-19(26-13-24-2)7-6-15(16)10-17/h6-9,11-12,17H,4-5,10,13H2,1-3H3,(H,22,23). The fourth-order valence-electron chi connectivity index (χ4n) is 3.53. The average Bonchev–Trinajstić information content (AvgIpc) is 2.65. The van der Waals surface area contributed by atoms with Crippen molar-refractivity contribution in [2.75, 3.05) is 26.3 Å². The van der Waals surface area contributed by atoms with Crippen LogP contribution in [-0.2, 0) is 22.4 Å². The van der Waals surface area contributed by atoms with Crippen molar-refractivity contribution < 1.29 is 19.0 Å². The molecule has 1 atom stereocenters. The SMILES string of the molecule is COCOc1ccc2c(c1)CCC(c1ccc(OC)cc1NC(C)=O)C2. The van der Waals surface area contributed by atoms with Crippen LogP contribution in [0.5, 0.6) is 11.5 Å². The number of benzene rings is 2. The summed E-state index contributed by atoms with van der Waals surface area (Å²) in [5.41, 5.74) is 4.65. The Morgan fingerprint density at radius 2 is 1.92 bits per heavy atom. The molecule has 1 amide bonds. The van der Waals surface area contributed by atoms with Gasteiger partial charge in [0.05, 0.1) is 7.11 Å². The second-order valence-electron chi connectivity index (χ2n) is 6.56. The summed E-state index contributed by atoms with van der Waals surface area (Å²) in [5.74, 6) is 1.87. The molecule has 1 aliphatic carbocycles. The molecule has 0 saturated heterocycles. The molecule has 138 valence electrons. The number of aryl methyl sites for hydroxylation is 1. The van der Waals surface area contributed by atoms with Crippen LogP contribution in [-0.4, -0.2) is 26.9 Å². The number of methoxy groups -OCH3 is 2. The van der Waals surface area contributed by atoms with Gasteiger partial charge < -0.3 is 19.5 Å². The minimum Gasteiger partial charge on any atom is -0.497 e. The topological polar surface area (TPSA) is 56.8 Å². The number of hydrogen-bond donors (Lipinski definition) is 1. The first-order valence-corrected chi connectivity index (χ1v) is 8.79. The molecule has 1 unspecified atom stereocenters. The van der Waals surface area contributed by atoms with Crippen LogP contribution in [0.25, 0.3) is 0 Å². The quantitative estimate of drug-likeness (QED) is 0.798. The summed E-state index contributed by atoms with van der Waals surface area (Å²) in [6, 6.07) is 12.1. The van der Waals surface area contributed by atoms with Gasteiger partial charge in [0.25, 0.3) is 0 Å². The van der Waals surface area contributed by atoms with Gasteiger partial charge >= 0.3 is 0 Å². The Morgan fingerprint density at radius 1 is 1.12 bits per heavy atom. The highest BCUT2D eigenvalue weighted by Gasteiger charge is 2.23. The zero-order valence-electron chi connectivity index (χ0n) is 15.5. The molecule has 0 fully saturated rings. The zero-order chi connectivity index (χ0) is 18.5. The molecule has 1 N–H and O–H groups in total. The van der Waals surface area contributed by atoms with E-state index in [2.05, 4.69) is 23.5 Å². The number of carbonyl (C=O) groups excluding carboxylic acids is 1. The second kappa shape index (κ2) is 8.23. The summed E-state index contributed by atoms with van der Waals surface area (Å²) in [4.78, 5) is 11.6. The molecule has 0 radical (unpaired) electrons. The molecule has 0 bridgehead atoms. The van der Waals surface area contributed by atoms with Crippen LogP contribution in [0.2, 0.25) is 0 Å². The van der Waals surface area contributed by atoms with Gasteiger partial charge in [-0.1, -0.05) is 12.1 Å². The predicted octanol–water partition coefficient (Wildman–Crippen LogP) is 3.91. The van der Waals surface area contributed by atoms with Crippen LogP contribution in [0.4, 0.5) is 5.69 Å². The predicted molar refractivity (Wildman–Crippen MR) is 101 cm³/mol. The number of anilines is 1. The summed E-state index contributed by atoms with van der Waals surface area (Å²) >= 11 is 0. The fourth-order valence-corrected chi connectivity index (χ4v) is 3.53. The van der Waals surface area contributed by atoms with Gasteiger partial charge in [0.2, 0.25) is 5.91 Å². The van der Waals surface area contributed by atoms with Gasteiger partial charge in [0.1, 0.15) is 11.5 Å². The zero-order valence-corrected chi connectivity index (χ0v) is 15.5. The molecular formula is C21H25NO4. The Hall–Kier alpha value is -2.53. The molecule has 0 spiro atoms. The van der Waals surface area contributed by atoms with Gasteiger partial charge in [-0.25, -0.2) is 0 Å². The molecule has 5 heteroatoms. The van der Waals surface area contributed by atoms with E-state index in [1.165, 1.54) is 18.1 Å². The third-order valence-electron chi connectivity index (χ3n) is 4.76. The highest BCUT2D eigenvalue weighted by Crippen LogP contribution is 2.38. The average molecular weight is 355 g/mol. The Morgan fingerprint density at radius 3 is 2.65 bits per heavy atom. The van der Waals surface area contributed by atoms with Gasteiger partial charge in [0, 0.05) is 25.8 Å². The largest absolute Gasteiger partial charge is 0.497 e. The van der Waals surface area contributed by atoms with Gasteiger partial charge in [0.15, 0.2) is 6.79 Å². The third kappa shape index (κ3) is 4.17. The van der Waals surface area contributed by atoms with E-state index in [4.69, 9.17) is 14.2 Å². The number of hydrogen-bond acceptors (Lipinski definition) is 4. The van der Waals surface area contributed by atoms with Crippen molar-refractivity contribution in [1.29, 1.82) is 0 Å². The summed E-state index contributed by atoms with van der Waals surface area (Å²) < 4.78 is 15.8. The van der Waals surface area contributed by atoms with Gasteiger partial charge in [-0.2, -0.15) is 0 Å². The van der Waals surface area contributed by atoms with Crippen LogP contribution in [0, 0.1) is 0 Å². The summed E-state index contributed by atoms with van der Waals surface area (Å²) in [5, 5.41) is 2.95. The fraction of sp³-hybridized carbons (Fsp3) is 0.381. The molecule has 3 rings (SSSR count). The molecule has 0 heterocycles. The van der Waals surface area contributed by atoms with Crippen molar-refractivity contribution in [1.82, 2.24) is 0 Å².